The highest BCUT2D eigenvalue weighted by Gasteiger charge is 2.36. The predicted octanol–water partition coefficient (Wildman–Crippen LogP) is 4.65. The molecule has 4 rings (SSSR count). The summed E-state index contributed by atoms with van der Waals surface area (Å²) < 4.78 is 41.8. The summed E-state index contributed by atoms with van der Waals surface area (Å²) in [6.45, 7) is 1.81. The van der Waals surface area contributed by atoms with E-state index in [1.807, 2.05) is 25.1 Å². The third-order valence-electron chi connectivity index (χ3n) is 5.36. The van der Waals surface area contributed by atoms with Gasteiger partial charge in [0.05, 0.1) is 24.1 Å². The molecule has 7 nitrogen and oxygen atoms in total. The normalized spacial score (nSPS) is 11.1. The van der Waals surface area contributed by atoms with Crippen LogP contribution in [-0.4, -0.2) is 16.7 Å². The molecule has 0 saturated carbocycles. The number of H-pyrrole nitrogens is 1. The van der Waals surface area contributed by atoms with Crippen LogP contribution in [-0.2, 0) is 5.92 Å². The third-order valence-corrected chi connectivity index (χ3v) is 5.36. The van der Waals surface area contributed by atoms with Gasteiger partial charge in [-0.25, -0.2) is 9.36 Å². The van der Waals surface area contributed by atoms with Crippen LogP contribution in [0.25, 0.3) is 5.69 Å². The van der Waals surface area contributed by atoms with Gasteiger partial charge in [0.1, 0.15) is 23.3 Å². The van der Waals surface area contributed by atoms with Crippen LogP contribution in [0.2, 0.25) is 0 Å². The van der Waals surface area contributed by atoms with Gasteiger partial charge in [-0.15, -0.1) is 0 Å². The molecule has 3 aromatic carbocycles. The molecule has 1 heterocycles. The molecule has 0 atom stereocenters. The van der Waals surface area contributed by atoms with Crippen LogP contribution in [0.4, 0.5) is 8.78 Å². The number of hydrogen-bond acceptors (Lipinski definition) is 5. The molecular weight excluding hydrogens is 456 g/mol. The van der Waals surface area contributed by atoms with Gasteiger partial charge in [-0.05, 0) is 18.6 Å². The van der Waals surface area contributed by atoms with Crippen molar-refractivity contribution in [3.63, 3.8) is 0 Å². The molecule has 1 aromatic heterocycles. The summed E-state index contributed by atoms with van der Waals surface area (Å²) >= 11 is 0. The Morgan fingerprint density at radius 2 is 1.63 bits per heavy atom. The number of aryl methyl sites for hydroxylation is 1. The molecule has 176 valence electrons. The molecule has 0 saturated heterocycles. The highest BCUT2D eigenvalue weighted by molar-refractivity contribution is 5.59. The van der Waals surface area contributed by atoms with Gasteiger partial charge in [-0.1, -0.05) is 48.5 Å². The van der Waals surface area contributed by atoms with E-state index in [1.165, 1.54) is 43.5 Å². The van der Waals surface area contributed by atoms with Crippen molar-refractivity contribution in [1.29, 1.82) is 5.26 Å². The average Bonchev–Trinajstić information content (AvgIpc) is 2.85. The standard InChI is InChI=1S/C26H19F2N3O4/c1-16-8-6-7-11-20(16)35-21-13-19(22(34-2)12-17(21)15-29)31-24(32)14-23(30-25(31)33)26(27,28)18-9-4-3-5-10-18/h3-14H,1-2H3,(H,30,33). The summed E-state index contributed by atoms with van der Waals surface area (Å²) in [5.74, 6) is -3.08. The molecule has 4 aromatic rings. The number of para-hydroxylation sites is 1. The molecule has 0 fully saturated rings. The first-order valence-electron chi connectivity index (χ1n) is 10.4. The molecule has 0 radical (unpaired) electrons. The lowest BCUT2D eigenvalue weighted by molar-refractivity contribution is 0.0373. The van der Waals surface area contributed by atoms with Gasteiger partial charge in [0, 0.05) is 23.8 Å². The van der Waals surface area contributed by atoms with Crippen molar-refractivity contribution < 1.29 is 18.3 Å². The van der Waals surface area contributed by atoms with Crippen LogP contribution in [0.15, 0.2) is 82.4 Å². The minimum absolute atomic E-state index is 0.00820. The zero-order chi connectivity index (χ0) is 25.2. The van der Waals surface area contributed by atoms with Gasteiger partial charge < -0.3 is 14.5 Å². The largest absolute Gasteiger partial charge is 0.495 e. The van der Waals surface area contributed by atoms with E-state index in [2.05, 4.69) is 4.98 Å². The lowest BCUT2D eigenvalue weighted by atomic mass is 10.1. The van der Waals surface area contributed by atoms with Crippen molar-refractivity contribution >= 4 is 0 Å². The van der Waals surface area contributed by atoms with Crippen LogP contribution in [0.3, 0.4) is 0 Å². The number of nitrogens with zero attached hydrogens (tertiary/aromatic N) is 2. The number of hydrogen-bond donors (Lipinski definition) is 1. The number of aromatic amines is 1. The Hall–Kier alpha value is -4.71. The molecule has 0 amide bonds. The minimum Gasteiger partial charge on any atom is -0.495 e. The number of methoxy groups -OCH3 is 1. The Bertz CT molecular complexity index is 1520. The first-order chi connectivity index (χ1) is 16.8. The Morgan fingerprint density at radius 3 is 2.26 bits per heavy atom. The van der Waals surface area contributed by atoms with Crippen molar-refractivity contribution in [3.8, 4) is 29.0 Å². The fourth-order valence-corrected chi connectivity index (χ4v) is 3.54. The molecular formula is C26H19F2N3O4. The number of aromatic nitrogens is 2. The van der Waals surface area contributed by atoms with Gasteiger partial charge in [0.15, 0.2) is 0 Å². The summed E-state index contributed by atoms with van der Waals surface area (Å²) in [6, 6.07) is 19.1. The maximum absolute atomic E-state index is 15.0. The summed E-state index contributed by atoms with van der Waals surface area (Å²) in [4.78, 5) is 27.9. The van der Waals surface area contributed by atoms with Crippen LogP contribution in [0, 0.1) is 18.3 Å². The van der Waals surface area contributed by atoms with Gasteiger partial charge in [0.2, 0.25) is 0 Å². The Kier molecular flexibility index (Phi) is 6.21. The average molecular weight is 475 g/mol. The third kappa shape index (κ3) is 4.42. The van der Waals surface area contributed by atoms with E-state index in [-0.39, 0.29) is 28.3 Å². The van der Waals surface area contributed by atoms with Crippen LogP contribution >= 0.6 is 0 Å². The minimum atomic E-state index is -3.60. The molecule has 1 N–H and O–H groups in total. The predicted molar refractivity (Wildman–Crippen MR) is 125 cm³/mol. The number of nitriles is 1. The highest BCUT2D eigenvalue weighted by Crippen LogP contribution is 2.35. The summed E-state index contributed by atoms with van der Waals surface area (Å²) in [6.07, 6.45) is 0. The second-order valence-electron chi connectivity index (χ2n) is 7.60. The van der Waals surface area contributed by atoms with Crippen molar-refractivity contribution in [2.45, 2.75) is 12.8 Å². The fraction of sp³-hybridized carbons (Fsp3) is 0.115. The van der Waals surface area contributed by atoms with Crippen molar-refractivity contribution in [2.75, 3.05) is 7.11 Å². The van der Waals surface area contributed by atoms with Crippen LogP contribution < -0.4 is 20.7 Å². The summed E-state index contributed by atoms with van der Waals surface area (Å²) in [7, 11) is 1.29. The van der Waals surface area contributed by atoms with E-state index in [0.717, 1.165) is 5.56 Å². The summed E-state index contributed by atoms with van der Waals surface area (Å²) in [5, 5.41) is 9.59. The quantitative estimate of drug-likeness (QED) is 0.438. The molecule has 0 aliphatic heterocycles. The van der Waals surface area contributed by atoms with E-state index in [9.17, 15) is 23.6 Å². The van der Waals surface area contributed by atoms with E-state index in [1.54, 1.807) is 18.2 Å². The van der Waals surface area contributed by atoms with E-state index < -0.39 is 22.9 Å². The smallest absolute Gasteiger partial charge is 0.333 e. The SMILES string of the molecule is COc1cc(C#N)c(Oc2ccccc2C)cc1-n1c(=O)cc(C(F)(F)c2ccccc2)[nH]c1=O. The summed E-state index contributed by atoms with van der Waals surface area (Å²) in [5.41, 5.74) is -2.54. The number of alkyl halides is 2. The topological polar surface area (TPSA) is 97.1 Å². The van der Waals surface area contributed by atoms with Gasteiger partial charge in [0.25, 0.3) is 5.56 Å². The van der Waals surface area contributed by atoms with E-state index in [0.29, 0.717) is 16.4 Å². The molecule has 0 unspecified atom stereocenters. The Labute approximate surface area is 198 Å². The highest BCUT2D eigenvalue weighted by atomic mass is 19.3. The Morgan fingerprint density at radius 1 is 0.943 bits per heavy atom. The van der Waals surface area contributed by atoms with E-state index in [4.69, 9.17) is 9.47 Å². The second-order valence-corrected chi connectivity index (χ2v) is 7.60. The number of rotatable bonds is 6. The molecule has 0 spiro atoms. The zero-order valence-electron chi connectivity index (χ0n) is 18.7. The number of nitrogens with one attached hydrogen (secondary N) is 1. The van der Waals surface area contributed by atoms with Crippen molar-refractivity contribution in [2.24, 2.45) is 0 Å². The van der Waals surface area contributed by atoms with Crippen LogP contribution in [0.5, 0.6) is 17.2 Å². The monoisotopic (exact) mass is 475 g/mol. The van der Waals surface area contributed by atoms with E-state index >= 15 is 0 Å². The van der Waals surface area contributed by atoms with Crippen molar-refractivity contribution in [3.05, 3.63) is 116 Å². The maximum Gasteiger partial charge on any atom is 0.333 e. The molecule has 35 heavy (non-hydrogen) atoms. The lowest BCUT2D eigenvalue weighted by Crippen LogP contribution is -2.37. The van der Waals surface area contributed by atoms with Crippen LogP contribution in [0.1, 0.15) is 22.4 Å². The Balaban J connectivity index is 1.87. The number of benzene rings is 3. The maximum atomic E-state index is 15.0. The fourth-order valence-electron chi connectivity index (χ4n) is 3.54. The first-order valence-corrected chi connectivity index (χ1v) is 10.4. The van der Waals surface area contributed by atoms with Gasteiger partial charge in [-0.3, -0.25) is 4.79 Å². The van der Waals surface area contributed by atoms with Crippen molar-refractivity contribution in [1.82, 2.24) is 9.55 Å². The number of halogens is 2. The van der Waals surface area contributed by atoms with Gasteiger partial charge >= 0.3 is 11.6 Å². The lowest BCUT2D eigenvalue weighted by Gasteiger charge is -2.18. The zero-order valence-corrected chi connectivity index (χ0v) is 18.7. The van der Waals surface area contributed by atoms with Gasteiger partial charge in [-0.2, -0.15) is 14.0 Å². The molecule has 0 aliphatic carbocycles. The molecule has 9 heteroatoms. The second kappa shape index (κ2) is 9.27. The molecule has 0 aliphatic rings. The number of ether oxygens (including phenoxy) is 2. The molecule has 0 bridgehead atoms. The first kappa shape index (κ1) is 23.4.